The molecule has 92 valence electrons. The number of benzene rings is 1. The smallest absolute Gasteiger partial charge is 0.353 e. The minimum atomic E-state index is -0.308. The molecule has 1 rings (SSSR count). The van der Waals surface area contributed by atoms with Crippen LogP contribution in [0.2, 0.25) is 0 Å². The summed E-state index contributed by atoms with van der Waals surface area (Å²) in [5.74, 6) is -0.308. The van der Waals surface area contributed by atoms with Gasteiger partial charge in [-0.05, 0) is 25.5 Å². The lowest BCUT2D eigenvalue weighted by Gasteiger charge is -2.04. The third kappa shape index (κ3) is 5.04. The van der Waals surface area contributed by atoms with E-state index in [9.17, 15) is 4.79 Å². The molecule has 17 heavy (non-hydrogen) atoms. The standard InChI is InChI=1S/C13H17NO2S/c1-3-8-12(13(15)16-4-2)14-17-11-9-6-5-7-10-11/h5-7,9-10H,3-4,8H2,1-2H3/b14-12+. The Hall–Kier alpha value is -1.29. The minimum Gasteiger partial charge on any atom is -0.461 e. The number of hydrogen-bond acceptors (Lipinski definition) is 4. The van der Waals surface area contributed by atoms with E-state index in [1.54, 1.807) is 6.92 Å². The summed E-state index contributed by atoms with van der Waals surface area (Å²) >= 11 is 1.31. The van der Waals surface area contributed by atoms with E-state index in [0.717, 1.165) is 11.3 Å². The van der Waals surface area contributed by atoms with Gasteiger partial charge in [-0.25, -0.2) is 9.19 Å². The zero-order valence-electron chi connectivity index (χ0n) is 10.2. The zero-order valence-corrected chi connectivity index (χ0v) is 11.0. The summed E-state index contributed by atoms with van der Waals surface area (Å²) in [7, 11) is 0. The van der Waals surface area contributed by atoms with Gasteiger partial charge in [0.2, 0.25) is 0 Å². The highest BCUT2D eigenvalue weighted by atomic mass is 32.2. The van der Waals surface area contributed by atoms with Crippen molar-refractivity contribution in [3.05, 3.63) is 30.3 Å². The minimum absolute atomic E-state index is 0.308. The van der Waals surface area contributed by atoms with Gasteiger partial charge < -0.3 is 4.74 Å². The largest absolute Gasteiger partial charge is 0.461 e. The normalized spacial score (nSPS) is 11.3. The Morgan fingerprint density at radius 1 is 1.29 bits per heavy atom. The second kappa shape index (κ2) is 7.90. The van der Waals surface area contributed by atoms with Crippen molar-refractivity contribution >= 4 is 23.6 Å². The first kappa shape index (κ1) is 13.8. The lowest BCUT2D eigenvalue weighted by molar-refractivity contribution is -0.135. The molecule has 0 saturated heterocycles. The van der Waals surface area contributed by atoms with E-state index in [1.165, 1.54) is 11.9 Å². The fourth-order valence-corrected chi connectivity index (χ4v) is 1.89. The number of carbonyl (C=O) groups excluding carboxylic acids is 1. The Morgan fingerprint density at radius 3 is 2.59 bits per heavy atom. The molecule has 1 aromatic rings. The maximum Gasteiger partial charge on any atom is 0.353 e. The number of rotatable bonds is 6. The Morgan fingerprint density at radius 2 is 2.00 bits per heavy atom. The van der Waals surface area contributed by atoms with Crippen LogP contribution in [0.4, 0.5) is 0 Å². The van der Waals surface area contributed by atoms with E-state index in [2.05, 4.69) is 4.40 Å². The van der Waals surface area contributed by atoms with Crippen molar-refractivity contribution in [3.63, 3.8) is 0 Å². The quantitative estimate of drug-likeness (QED) is 0.441. The third-order valence-electron chi connectivity index (χ3n) is 2.00. The molecule has 3 nitrogen and oxygen atoms in total. The SMILES string of the molecule is CCC/C(=N\Sc1ccccc1)C(=O)OCC. The molecule has 0 aliphatic heterocycles. The van der Waals surface area contributed by atoms with E-state index in [-0.39, 0.29) is 5.97 Å². The maximum absolute atomic E-state index is 11.6. The second-order valence-electron chi connectivity index (χ2n) is 3.41. The average molecular weight is 251 g/mol. The van der Waals surface area contributed by atoms with Crippen molar-refractivity contribution in [2.75, 3.05) is 6.61 Å². The Bertz CT molecular complexity index is 376. The summed E-state index contributed by atoms with van der Waals surface area (Å²) in [5, 5.41) is 0. The van der Waals surface area contributed by atoms with Crippen molar-refractivity contribution in [1.82, 2.24) is 0 Å². The topological polar surface area (TPSA) is 38.7 Å². The number of carbonyl (C=O) groups is 1. The van der Waals surface area contributed by atoms with Crippen LogP contribution in [0.15, 0.2) is 39.6 Å². The van der Waals surface area contributed by atoms with Crippen LogP contribution >= 0.6 is 11.9 Å². The number of hydrogen-bond donors (Lipinski definition) is 0. The van der Waals surface area contributed by atoms with Gasteiger partial charge in [-0.2, -0.15) is 0 Å². The molecular weight excluding hydrogens is 234 g/mol. The highest BCUT2D eigenvalue weighted by Gasteiger charge is 2.11. The average Bonchev–Trinajstić information content (AvgIpc) is 2.36. The van der Waals surface area contributed by atoms with Crippen molar-refractivity contribution in [2.24, 2.45) is 4.40 Å². The lowest BCUT2D eigenvalue weighted by Crippen LogP contribution is -2.16. The number of nitrogens with zero attached hydrogens (tertiary/aromatic N) is 1. The van der Waals surface area contributed by atoms with Crippen LogP contribution in [-0.2, 0) is 9.53 Å². The predicted octanol–water partition coefficient (Wildman–Crippen LogP) is 3.50. The van der Waals surface area contributed by atoms with E-state index < -0.39 is 0 Å². The molecule has 0 spiro atoms. The van der Waals surface area contributed by atoms with Crippen molar-refractivity contribution in [3.8, 4) is 0 Å². The predicted molar refractivity (Wildman–Crippen MR) is 71.3 cm³/mol. The summed E-state index contributed by atoms with van der Waals surface area (Å²) in [6, 6.07) is 9.77. The fraction of sp³-hybridized carbons (Fsp3) is 0.385. The number of ether oxygens (including phenoxy) is 1. The molecule has 0 radical (unpaired) electrons. The molecule has 0 fully saturated rings. The van der Waals surface area contributed by atoms with Gasteiger partial charge in [0, 0.05) is 16.8 Å². The molecule has 0 saturated carbocycles. The van der Waals surface area contributed by atoms with E-state index >= 15 is 0 Å². The molecule has 0 unspecified atom stereocenters. The molecule has 0 aromatic heterocycles. The van der Waals surface area contributed by atoms with Crippen LogP contribution < -0.4 is 0 Å². The summed E-state index contributed by atoms with van der Waals surface area (Å²) in [5.41, 5.74) is 0.503. The first-order valence-electron chi connectivity index (χ1n) is 5.74. The van der Waals surface area contributed by atoms with Crippen LogP contribution in [0.25, 0.3) is 0 Å². The molecule has 0 amide bonds. The fourth-order valence-electron chi connectivity index (χ4n) is 1.23. The molecule has 0 heterocycles. The van der Waals surface area contributed by atoms with Gasteiger partial charge in [-0.3, -0.25) is 0 Å². The van der Waals surface area contributed by atoms with E-state index in [0.29, 0.717) is 18.7 Å². The van der Waals surface area contributed by atoms with Gasteiger partial charge in [0.15, 0.2) is 0 Å². The first-order chi connectivity index (χ1) is 8.27. The van der Waals surface area contributed by atoms with Crippen molar-refractivity contribution in [2.45, 2.75) is 31.6 Å². The van der Waals surface area contributed by atoms with Crippen LogP contribution in [0.3, 0.4) is 0 Å². The van der Waals surface area contributed by atoms with Gasteiger partial charge in [0.1, 0.15) is 5.71 Å². The molecule has 4 heteroatoms. The Labute approximate surface area is 106 Å². The van der Waals surface area contributed by atoms with Gasteiger partial charge in [0.05, 0.1) is 6.61 Å². The van der Waals surface area contributed by atoms with Gasteiger partial charge in [0.25, 0.3) is 0 Å². The summed E-state index contributed by atoms with van der Waals surface area (Å²) in [6.07, 6.45) is 1.53. The molecule has 0 N–H and O–H groups in total. The molecule has 0 aliphatic carbocycles. The van der Waals surface area contributed by atoms with Crippen LogP contribution in [-0.4, -0.2) is 18.3 Å². The van der Waals surface area contributed by atoms with Crippen molar-refractivity contribution in [1.29, 1.82) is 0 Å². The Balaban J connectivity index is 2.67. The lowest BCUT2D eigenvalue weighted by atomic mass is 10.2. The summed E-state index contributed by atoms with van der Waals surface area (Å²) in [4.78, 5) is 12.6. The molecule has 0 bridgehead atoms. The molecular formula is C13H17NO2S. The maximum atomic E-state index is 11.6. The molecule has 1 aromatic carbocycles. The molecule has 0 atom stereocenters. The zero-order chi connectivity index (χ0) is 12.5. The van der Waals surface area contributed by atoms with Crippen molar-refractivity contribution < 1.29 is 9.53 Å². The summed E-state index contributed by atoms with van der Waals surface area (Å²) < 4.78 is 9.22. The highest BCUT2D eigenvalue weighted by molar-refractivity contribution is 7.98. The van der Waals surface area contributed by atoms with Gasteiger partial charge in [-0.1, -0.05) is 31.5 Å². The second-order valence-corrected chi connectivity index (χ2v) is 4.25. The first-order valence-corrected chi connectivity index (χ1v) is 6.51. The van der Waals surface area contributed by atoms with E-state index in [1.807, 2.05) is 37.3 Å². The van der Waals surface area contributed by atoms with E-state index in [4.69, 9.17) is 4.74 Å². The van der Waals surface area contributed by atoms with Crippen LogP contribution in [0, 0.1) is 0 Å². The van der Waals surface area contributed by atoms with Gasteiger partial charge >= 0.3 is 5.97 Å². The highest BCUT2D eigenvalue weighted by Crippen LogP contribution is 2.19. The monoisotopic (exact) mass is 251 g/mol. The van der Waals surface area contributed by atoms with Gasteiger partial charge in [-0.15, -0.1) is 0 Å². The Kier molecular flexibility index (Phi) is 6.40. The molecule has 0 aliphatic rings. The van der Waals surface area contributed by atoms with Crippen LogP contribution in [0.1, 0.15) is 26.7 Å². The third-order valence-corrected chi connectivity index (χ3v) is 2.80. The van der Waals surface area contributed by atoms with Crippen LogP contribution in [0.5, 0.6) is 0 Å². The summed E-state index contributed by atoms with van der Waals surface area (Å²) in [6.45, 7) is 4.20. The number of esters is 1.